The summed E-state index contributed by atoms with van der Waals surface area (Å²) in [6.07, 6.45) is 16.2. The lowest BCUT2D eigenvalue weighted by Gasteiger charge is -2.28. The van der Waals surface area contributed by atoms with Gasteiger partial charge in [-0.2, -0.15) is 0 Å². The fraction of sp³-hybridized carbons (Fsp3) is 0.320. The molecule has 1 N–H and O–H groups in total. The molecule has 2 aliphatic rings. The van der Waals surface area contributed by atoms with Crippen LogP contribution in [-0.4, -0.2) is 13.1 Å². The predicted octanol–water partition coefficient (Wildman–Crippen LogP) is 6.06. The van der Waals surface area contributed by atoms with Crippen molar-refractivity contribution in [1.82, 2.24) is 5.32 Å². The van der Waals surface area contributed by atoms with Gasteiger partial charge in [-0.1, -0.05) is 42.6 Å². The Hall–Kier alpha value is -2.46. The first kappa shape index (κ1) is 21.3. The van der Waals surface area contributed by atoms with Gasteiger partial charge in [0, 0.05) is 22.2 Å². The summed E-state index contributed by atoms with van der Waals surface area (Å²) >= 11 is 1.71. The van der Waals surface area contributed by atoms with Crippen LogP contribution in [0.15, 0.2) is 88.5 Å². The third kappa shape index (κ3) is 6.01. The minimum absolute atomic E-state index is 0.0355. The van der Waals surface area contributed by atoms with E-state index in [-0.39, 0.29) is 11.9 Å². The van der Waals surface area contributed by atoms with E-state index in [2.05, 4.69) is 67.4 Å². The molecule has 1 fully saturated rings. The van der Waals surface area contributed by atoms with E-state index < -0.39 is 0 Å². The van der Waals surface area contributed by atoms with Gasteiger partial charge in [0.15, 0.2) is 0 Å². The molecule has 1 aliphatic heterocycles. The Morgan fingerprint density at radius 3 is 2.45 bits per heavy atom. The number of aryl methyl sites for hydroxylation is 1. The highest BCUT2D eigenvalue weighted by atomic mass is 32.2. The fourth-order valence-electron chi connectivity index (χ4n) is 3.82. The van der Waals surface area contributed by atoms with Gasteiger partial charge in [-0.3, -0.25) is 4.79 Å². The van der Waals surface area contributed by atoms with E-state index in [1.807, 2.05) is 12.4 Å². The fourth-order valence-corrected chi connectivity index (χ4v) is 4.68. The molecular formula is C25H29NO2S. The number of hydrogen-bond donors (Lipinski definition) is 1. The van der Waals surface area contributed by atoms with Crippen LogP contribution in [0.4, 0.5) is 0 Å². The Morgan fingerprint density at radius 2 is 1.79 bits per heavy atom. The van der Waals surface area contributed by atoms with Crippen LogP contribution in [0.2, 0.25) is 0 Å². The van der Waals surface area contributed by atoms with Crippen molar-refractivity contribution in [2.75, 3.05) is 7.11 Å². The van der Waals surface area contributed by atoms with E-state index in [0.717, 1.165) is 30.6 Å². The number of ether oxygens (including phenoxy) is 1. The van der Waals surface area contributed by atoms with Gasteiger partial charge in [0.1, 0.15) is 0 Å². The summed E-state index contributed by atoms with van der Waals surface area (Å²) in [4.78, 5) is 14.1. The minimum atomic E-state index is -0.0731. The first-order valence-electron chi connectivity index (χ1n) is 10.1. The maximum Gasteiger partial charge on any atom is 0.308 e. The number of dihydropyridines is 1. The topological polar surface area (TPSA) is 38.3 Å². The molecule has 0 unspecified atom stereocenters. The lowest BCUT2D eigenvalue weighted by atomic mass is 9.78. The van der Waals surface area contributed by atoms with Crippen LogP contribution in [0.5, 0.6) is 0 Å². The first-order valence-corrected chi connectivity index (χ1v) is 10.9. The number of thioether (sulfide) groups is 1. The van der Waals surface area contributed by atoms with Crippen molar-refractivity contribution in [2.24, 2.45) is 11.8 Å². The van der Waals surface area contributed by atoms with Crippen molar-refractivity contribution in [3.05, 3.63) is 89.2 Å². The molecule has 1 aliphatic carbocycles. The van der Waals surface area contributed by atoms with Gasteiger partial charge in [0.25, 0.3) is 0 Å². The summed E-state index contributed by atoms with van der Waals surface area (Å²) in [6, 6.07) is 8.38. The number of carbonyl (C=O) groups is 1. The number of methoxy groups -OCH3 is 1. The van der Waals surface area contributed by atoms with Crippen LogP contribution in [0.25, 0.3) is 0 Å². The average molecular weight is 408 g/mol. The number of carbonyl (C=O) groups excluding carboxylic acids is 1. The molecule has 0 radical (unpaired) electrons. The molecule has 0 amide bonds. The van der Waals surface area contributed by atoms with E-state index in [1.54, 1.807) is 11.8 Å². The van der Waals surface area contributed by atoms with Crippen LogP contribution in [0, 0.1) is 18.8 Å². The molecule has 1 saturated carbocycles. The summed E-state index contributed by atoms with van der Waals surface area (Å²) in [5.74, 6) is 0.388. The Balaban J connectivity index is 1.79. The van der Waals surface area contributed by atoms with Gasteiger partial charge in [-0.05, 0) is 79.5 Å². The molecule has 29 heavy (non-hydrogen) atoms. The quantitative estimate of drug-likeness (QED) is 0.353. The largest absolute Gasteiger partial charge is 0.469 e. The van der Waals surface area contributed by atoms with E-state index in [0.29, 0.717) is 5.92 Å². The Kier molecular flexibility index (Phi) is 7.59. The van der Waals surface area contributed by atoms with Gasteiger partial charge < -0.3 is 10.1 Å². The van der Waals surface area contributed by atoms with Crippen molar-refractivity contribution < 1.29 is 9.53 Å². The predicted molar refractivity (Wildman–Crippen MR) is 121 cm³/mol. The summed E-state index contributed by atoms with van der Waals surface area (Å²) in [6.45, 7) is 6.44. The van der Waals surface area contributed by atoms with E-state index in [9.17, 15) is 4.79 Å². The third-order valence-corrected chi connectivity index (χ3v) is 6.53. The van der Waals surface area contributed by atoms with E-state index >= 15 is 0 Å². The Bertz CT molecular complexity index is 857. The van der Waals surface area contributed by atoms with Crippen LogP contribution in [0.1, 0.15) is 31.2 Å². The summed E-state index contributed by atoms with van der Waals surface area (Å²) in [5, 5.41) is 3.08. The molecule has 0 atom stereocenters. The van der Waals surface area contributed by atoms with E-state index in [4.69, 9.17) is 4.74 Å². The molecule has 4 heteroatoms. The number of nitrogens with one attached hydrogen (secondary N) is 1. The second-order valence-corrected chi connectivity index (χ2v) is 8.70. The number of rotatable bonds is 6. The smallest absolute Gasteiger partial charge is 0.308 e. The van der Waals surface area contributed by atoms with Gasteiger partial charge in [0.05, 0.1) is 13.0 Å². The van der Waals surface area contributed by atoms with Crippen LogP contribution < -0.4 is 5.32 Å². The van der Waals surface area contributed by atoms with Crippen molar-refractivity contribution >= 4 is 17.7 Å². The lowest BCUT2D eigenvalue weighted by Crippen LogP contribution is -2.23. The molecule has 0 bridgehead atoms. The number of allylic oxidation sites excluding steroid dienone is 6. The maximum absolute atomic E-state index is 11.9. The van der Waals surface area contributed by atoms with Gasteiger partial charge in [-0.15, -0.1) is 0 Å². The number of esters is 1. The van der Waals surface area contributed by atoms with Crippen molar-refractivity contribution in [3.63, 3.8) is 0 Å². The Morgan fingerprint density at radius 1 is 1.14 bits per heavy atom. The standard InChI is InChI=1S/C25H29NO2S/c1-18-6-4-5-7-24(18)29-19(2)16-23(17-20-12-14-26-15-13-20)21-8-10-22(11-9-21)25(27)28-3/h4-7,12-17,21-22,26H,2,8-11H2,1,3H3/b23-16-. The summed E-state index contributed by atoms with van der Waals surface area (Å²) in [7, 11) is 1.48. The van der Waals surface area contributed by atoms with E-state index in [1.165, 1.54) is 28.7 Å². The molecule has 0 spiro atoms. The molecule has 0 aromatic heterocycles. The van der Waals surface area contributed by atoms with Crippen LogP contribution in [-0.2, 0) is 9.53 Å². The summed E-state index contributed by atoms with van der Waals surface area (Å²) in [5.41, 5.74) is 3.71. The van der Waals surface area contributed by atoms with Crippen molar-refractivity contribution in [1.29, 1.82) is 0 Å². The molecule has 152 valence electrons. The molecule has 3 nitrogen and oxygen atoms in total. The highest BCUT2D eigenvalue weighted by Gasteiger charge is 2.28. The molecule has 3 rings (SSSR count). The van der Waals surface area contributed by atoms with Crippen molar-refractivity contribution in [2.45, 2.75) is 37.5 Å². The average Bonchev–Trinajstić information content (AvgIpc) is 2.75. The second kappa shape index (κ2) is 10.4. The molecule has 1 aromatic rings. The minimum Gasteiger partial charge on any atom is -0.469 e. The highest BCUT2D eigenvalue weighted by Crippen LogP contribution is 2.37. The normalized spacial score (nSPS) is 21.4. The lowest BCUT2D eigenvalue weighted by molar-refractivity contribution is -0.146. The molecular weight excluding hydrogens is 378 g/mol. The zero-order chi connectivity index (χ0) is 20.6. The Labute approximate surface area is 178 Å². The third-order valence-electron chi connectivity index (χ3n) is 5.47. The van der Waals surface area contributed by atoms with Gasteiger partial charge in [-0.25, -0.2) is 0 Å². The van der Waals surface area contributed by atoms with Gasteiger partial charge in [0.2, 0.25) is 0 Å². The molecule has 1 aromatic carbocycles. The number of hydrogen-bond acceptors (Lipinski definition) is 4. The molecule has 0 saturated heterocycles. The van der Waals surface area contributed by atoms with Gasteiger partial charge >= 0.3 is 5.97 Å². The summed E-state index contributed by atoms with van der Waals surface area (Å²) < 4.78 is 4.94. The SMILES string of the molecule is C=C(/C=C(/C=C1C=CNC=C1)C1CCC(C(=O)OC)CC1)Sc1ccccc1C. The monoisotopic (exact) mass is 407 g/mol. The van der Waals surface area contributed by atoms with Crippen LogP contribution >= 0.6 is 11.8 Å². The first-order chi connectivity index (χ1) is 14.1. The molecule has 1 heterocycles. The second-order valence-electron chi connectivity index (χ2n) is 7.53. The van der Waals surface area contributed by atoms with Crippen LogP contribution in [0.3, 0.4) is 0 Å². The van der Waals surface area contributed by atoms with Crippen molar-refractivity contribution in [3.8, 4) is 0 Å². The zero-order valence-electron chi connectivity index (χ0n) is 17.2. The maximum atomic E-state index is 11.9. The number of benzene rings is 1. The zero-order valence-corrected chi connectivity index (χ0v) is 18.0. The highest BCUT2D eigenvalue weighted by molar-refractivity contribution is 8.03.